The second-order valence-electron chi connectivity index (χ2n) is 6.50. The molecule has 0 saturated heterocycles. The molecule has 8 heteroatoms. The number of hydrogen-bond acceptors (Lipinski definition) is 6. The second kappa shape index (κ2) is 7.97. The number of esters is 1. The molecule has 148 valence electrons. The Hall–Kier alpha value is -3.32. The van der Waals surface area contributed by atoms with Crippen LogP contribution in [0.2, 0.25) is 5.02 Å². The molecule has 29 heavy (non-hydrogen) atoms. The number of hydrogen-bond donors (Lipinski definition) is 0. The van der Waals surface area contributed by atoms with Crippen LogP contribution in [0.5, 0.6) is 0 Å². The Kier molecular flexibility index (Phi) is 5.22. The van der Waals surface area contributed by atoms with Gasteiger partial charge in [0.15, 0.2) is 6.10 Å². The fraction of sp³-hybridized carbons (Fsp3) is 0.190. The average Bonchev–Trinajstić information content (AvgIpc) is 3.48. The normalized spacial score (nSPS) is 17.1. The van der Waals surface area contributed by atoms with Crippen LogP contribution in [0.4, 0.5) is 0 Å². The van der Waals surface area contributed by atoms with Crippen LogP contribution in [0.15, 0.2) is 75.0 Å². The lowest BCUT2D eigenvalue weighted by Gasteiger charge is -2.22. The van der Waals surface area contributed by atoms with Crippen molar-refractivity contribution in [3.8, 4) is 0 Å². The van der Waals surface area contributed by atoms with Gasteiger partial charge in [-0.3, -0.25) is 4.79 Å². The number of carbonyl (C=O) groups is 2. The third kappa shape index (κ3) is 3.95. The third-order valence-electron chi connectivity index (χ3n) is 4.54. The second-order valence-corrected chi connectivity index (χ2v) is 6.93. The van der Waals surface area contributed by atoms with Crippen molar-refractivity contribution in [2.75, 3.05) is 0 Å². The lowest BCUT2D eigenvalue weighted by molar-refractivity contribution is -0.142. The van der Waals surface area contributed by atoms with E-state index in [1.807, 2.05) is 12.1 Å². The molecule has 2 aromatic heterocycles. The summed E-state index contributed by atoms with van der Waals surface area (Å²) in [7, 11) is 0. The van der Waals surface area contributed by atoms with E-state index >= 15 is 0 Å². The number of ether oxygens (including phenoxy) is 1. The molecule has 3 aromatic rings. The van der Waals surface area contributed by atoms with Crippen LogP contribution in [0.25, 0.3) is 0 Å². The Bertz CT molecular complexity index is 1030. The maximum absolute atomic E-state index is 13.0. The van der Waals surface area contributed by atoms with Crippen molar-refractivity contribution in [3.63, 3.8) is 0 Å². The van der Waals surface area contributed by atoms with Crippen molar-refractivity contribution >= 4 is 29.2 Å². The standard InChI is InChI=1S/C21H17ClN2O5/c1-13(29-21(26)19-5-3-11-28-19)20(25)24-17(18-4-2-10-27-18)12-16(23-24)14-6-8-15(22)9-7-14/h2-11,13,17H,12H2,1H3/t13-,17-/m0/s1. The van der Waals surface area contributed by atoms with Gasteiger partial charge in [0.2, 0.25) is 5.76 Å². The smallest absolute Gasteiger partial charge is 0.374 e. The fourth-order valence-corrected chi connectivity index (χ4v) is 3.21. The molecule has 1 aliphatic rings. The van der Waals surface area contributed by atoms with Crippen LogP contribution >= 0.6 is 11.6 Å². The van der Waals surface area contributed by atoms with Gasteiger partial charge in [0, 0.05) is 11.4 Å². The Morgan fingerprint density at radius 3 is 2.52 bits per heavy atom. The van der Waals surface area contributed by atoms with Crippen LogP contribution in [-0.4, -0.2) is 28.7 Å². The van der Waals surface area contributed by atoms with Gasteiger partial charge in [-0.15, -0.1) is 0 Å². The highest BCUT2D eigenvalue weighted by Gasteiger charge is 2.38. The fourth-order valence-electron chi connectivity index (χ4n) is 3.08. The van der Waals surface area contributed by atoms with Gasteiger partial charge in [-0.25, -0.2) is 9.80 Å². The molecular formula is C21H17ClN2O5. The maximum Gasteiger partial charge on any atom is 0.374 e. The minimum atomic E-state index is -1.06. The van der Waals surface area contributed by atoms with E-state index in [-0.39, 0.29) is 5.76 Å². The Labute approximate surface area is 171 Å². The van der Waals surface area contributed by atoms with Gasteiger partial charge in [0.05, 0.1) is 18.2 Å². The third-order valence-corrected chi connectivity index (χ3v) is 4.79. The highest BCUT2D eigenvalue weighted by molar-refractivity contribution is 6.30. The first-order valence-corrected chi connectivity index (χ1v) is 9.35. The van der Waals surface area contributed by atoms with Gasteiger partial charge in [0.1, 0.15) is 11.8 Å². The Balaban J connectivity index is 1.57. The molecular weight excluding hydrogens is 396 g/mol. The highest BCUT2D eigenvalue weighted by Crippen LogP contribution is 2.34. The van der Waals surface area contributed by atoms with Gasteiger partial charge in [0.25, 0.3) is 5.91 Å². The zero-order chi connectivity index (χ0) is 20.4. The zero-order valence-electron chi connectivity index (χ0n) is 15.4. The SMILES string of the molecule is C[C@H](OC(=O)c1ccco1)C(=O)N1N=C(c2ccc(Cl)cc2)C[C@H]1c1ccco1. The number of halogens is 1. The summed E-state index contributed by atoms with van der Waals surface area (Å²) in [5.41, 5.74) is 1.56. The number of nitrogens with zero attached hydrogens (tertiary/aromatic N) is 2. The molecule has 1 aliphatic heterocycles. The van der Waals surface area contributed by atoms with E-state index in [1.165, 1.54) is 24.3 Å². The molecule has 4 rings (SSSR count). The van der Waals surface area contributed by atoms with Crippen molar-refractivity contribution in [1.82, 2.24) is 5.01 Å². The quantitative estimate of drug-likeness (QED) is 0.578. The first-order chi connectivity index (χ1) is 14.0. The molecule has 2 atom stereocenters. The number of rotatable bonds is 5. The van der Waals surface area contributed by atoms with Crippen LogP contribution in [0.1, 0.15) is 41.3 Å². The van der Waals surface area contributed by atoms with Crippen molar-refractivity contribution in [2.45, 2.75) is 25.5 Å². The summed E-state index contributed by atoms with van der Waals surface area (Å²) in [4.78, 5) is 25.1. The first kappa shape index (κ1) is 19.0. The molecule has 0 N–H and O–H groups in total. The summed E-state index contributed by atoms with van der Waals surface area (Å²) in [6.45, 7) is 1.50. The van der Waals surface area contributed by atoms with Crippen LogP contribution in [0.3, 0.4) is 0 Å². The molecule has 0 fully saturated rings. The van der Waals surface area contributed by atoms with E-state index in [0.29, 0.717) is 22.9 Å². The Morgan fingerprint density at radius 2 is 1.86 bits per heavy atom. The number of benzene rings is 1. The van der Waals surface area contributed by atoms with Crippen molar-refractivity contribution < 1.29 is 23.2 Å². The van der Waals surface area contributed by atoms with E-state index in [2.05, 4.69) is 5.10 Å². The van der Waals surface area contributed by atoms with E-state index in [0.717, 1.165) is 5.56 Å². The van der Waals surface area contributed by atoms with Gasteiger partial charge >= 0.3 is 5.97 Å². The summed E-state index contributed by atoms with van der Waals surface area (Å²) in [6, 6.07) is 13.3. The lowest BCUT2D eigenvalue weighted by atomic mass is 10.0. The number of hydrazone groups is 1. The summed E-state index contributed by atoms with van der Waals surface area (Å²) < 4.78 is 15.8. The number of carbonyl (C=O) groups excluding carboxylic acids is 2. The molecule has 0 spiro atoms. The molecule has 0 saturated carbocycles. The summed E-state index contributed by atoms with van der Waals surface area (Å²) in [6.07, 6.45) is 2.30. The number of amides is 1. The molecule has 1 amide bonds. The lowest BCUT2D eigenvalue weighted by Crippen LogP contribution is -2.37. The number of furan rings is 2. The molecule has 7 nitrogen and oxygen atoms in total. The molecule has 0 aliphatic carbocycles. The maximum atomic E-state index is 13.0. The molecule has 0 bridgehead atoms. The minimum Gasteiger partial charge on any atom is -0.467 e. The van der Waals surface area contributed by atoms with Crippen LogP contribution < -0.4 is 0 Å². The molecule has 0 radical (unpaired) electrons. The minimum absolute atomic E-state index is 0.0269. The summed E-state index contributed by atoms with van der Waals surface area (Å²) in [5, 5.41) is 6.42. The van der Waals surface area contributed by atoms with Crippen molar-refractivity contribution in [1.29, 1.82) is 0 Å². The molecule has 3 heterocycles. The van der Waals surface area contributed by atoms with E-state index in [4.69, 9.17) is 25.2 Å². The first-order valence-electron chi connectivity index (χ1n) is 8.97. The predicted octanol–water partition coefficient (Wildman–Crippen LogP) is 4.45. The van der Waals surface area contributed by atoms with E-state index in [1.54, 1.807) is 36.6 Å². The largest absolute Gasteiger partial charge is 0.467 e. The predicted molar refractivity (Wildman–Crippen MR) is 104 cm³/mol. The van der Waals surface area contributed by atoms with Gasteiger partial charge in [-0.2, -0.15) is 5.10 Å². The van der Waals surface area contributed by atoms with E-state index in [9.17, 15) is 9.59 Å². The van der Waals surface area contributed by atoms with Crippen LogP contribution in [-0.2, 0) is 9.53 Å². The van der Waals surface area contributed by atoms with Gasteiger partial charge < -0.3 is 13.6 Å². The van der Waals surface area contributed by atoms with Crippen LogP contribution in [0, 0.1) is 0 Å². The van der Waals surface area contributed by atoms with E-state index < -0.39 is 24.0 Å². The van der Waals surface area contributed by atoms with Crippen molar-refractivity contribution in [2.24, 2.45) is 5.10 Å². The molecule has 0 unspecified atom stereocenters. The highest BCUT2D eigenvalue weighted by atomic mass is 35.5. The van der Waals surface area contributed by atoms with Gasteiger partial charge in [-0.1, -0.05) is 23.7 Å². The monoisotopic (exact) mass is 412 g/mol. The molecule has 1 aromatic carbocycles. The topological polar surface area (TPSA) is 85.2 Å². The average molecular weight is 413 g/mol. The summed E-state index contributed by atoms with van der Waals surface area (Å²) >= 11 is 5.96. The van der Waals surface area contributed by atoms with Gasteiger partial charge in [-0.05, 0) is 48.9 Å². The van der Waals surface area contributed by atoms with Crippen molar-refractivity contribution in [3.05, 3.63) is 83.2 Å². The summed E-state index contributed by atoms with van der Waals surface area (Å²) in [5.74, 6) is -0.559. The zero-order valence-corrected chi connectivity index (χ0v) is 16.2. The Morgan fingerprint density at radius 1 is 1.14 bits per heavy atom.